The summed E-state index contributed by atoms with van der Waals surface area (Å²) in [5.74, 6) is 0. The van der Waals surface area contributed by atoms with Gasteiger partial charge in [-0.05, 0) is 25.0 Å². The molecule has 184 valence electrons. The van der Waals surface area contributed by atoms with E-state index in [1.807, 2.05) is 0 Å². The summed E-state index contributed by atoms with van der Waals surface area (Å²) in [6.07, 6.45) is 28.0. The molecule has 0 aliphatic heterocycles. The third kappa shape index (κ3) is 22.3. The zero-order chi connectivity index (χ0) is 22.8. The molecule has 0 aliphatic rings. The van der Waals surface area contributed by atoms with Gasteiger partial charge in [-0.1, -0.05) is 129 Å². The molecule has 0 aliphatic carbocycles. The van der Waals surface area contributed by atoms with Crippen LogP contribution in [0.2, 0.25) is 0 Å². The van der Waals surface area contributed by atoms with Gasteiger partial charge in [-0.25, -0.2) is 8.78 Å². The zero-order valence-corrected chi connectivity index (χ0v) is 20.8. The lowest BCUT2D eigenvalue weighted by atomic mass is 10.0. The van der Waals surface area contributed by atoms with Gasteiger partial charge in [0.05, 0.1) is 24.9 Å². The van der Waals surface area contributed by atoms with Crippen molar-refractivity contribution in [1.29, 1.82) is 0 Å². The molecular formula is C28H52F2O. The van der Waals surface area contributed by atoms with E-state index in [-0.39, 0.29) is 12.2 Å². The second-order valence-corrected chi connectivity index (χ2v) is 9.08. The van der Waals surface area contributed by atoms with Crippen LogP contribution in [0.5, 0.6) is 0 Å². The summed E-state index contributed by atoms with van der Waals surface area (Å²) in [4.78, 5) is 0. The lowest BCUT2D eigenvalue weighted by molar-refractivity contribution is 0.0285. The second-order valence-electron chi connectivity index (χ2n) is 9.08. The first-order valence-electron chi connectivity index (χ1n) is 13.5. The van der Waals surface area contributed by atoms with E-state index in [1.54, 1.807) is 0 Å². The van der Waals surface area contributed by atoms with Gasteiger partial charge in [-0.2, -0.15) is 0 Å². The van der Waals surface area contributed by atoms with Crippen molar-refractivity contribution >= 4 is 0 Å². The second kappa shape index (κ2) is 25.6. The number of halogens is 2. The predicted octanol–water partition coefficient (Wildman–Crippen LogP) is 10.5. The number of hydrogen-bond donors (Lipinski definition) is 0. The number of ether oxygens (including phenoxy) is 1. The number of hydrogen-bond acceptors (Lipinski definition) is 1. The summed E-state index contributed by atoms with van der Waals surface area (Å²) in [6, 6.07) is 0. The van der Waals surface area contributed by atoms with Gasteiger partial charge in [-0.3, -0.25) is 0 Å². The molecular weight excluding hydrogens is 390 g/mol. The van der Waals surface area contributed by atoms with Crippen LogP contribution in [0, 0.1) is 0 Å². The molecule has 3 heteroatoms. The quantitative estimate of drug-likeness (QED) is 0.135. The first kappa shape index (κ1) is 30.3. The molecule has 0 heterocycles. The van der Waals surface area contributed by atoms with Gasteiger partial charge < -0.3 is 4.74 Å². The molecule has 2 atom stereocenters. The Morgan fingerprint density at radius 2 is 0.774 bits per heavy atom. The minimum absolute atomic E-state index is 0.255. The maximum atomic E-state index is 12.8. The highest BCUT2D eigenvalue weighted by Crippen LogP contribution is 2.18. The first-order chi connectivity index (χ1) is 15.3. The lowest BCUT2D eigenvalue weighted by Crippen LogP contribution is -2.19. The van der Waals surface area contributed by atoms with E-state index in [9.17, 15) is 8.78 Å². The molecule has 0 aromatic carbocycles. The molecule has 2 unspecified atom stereocenters. The summed E-state index contributed by atoms with van der Waals surface area (Å²) in [6.45, 7) is 4.49. The highest BCUT2D eigenvalue weighted by atomic mass is 19.1. The van der Waals surface area contributed by atoms with Crippen LogP contribution in [0.1, 0.15) is 142 Å². The fourth-order valence-corrected chi connectivity index (χ4v) is 4.12. The van der Waals surface area contributed by atoms with Gasteiger partial charge in [0.2, 0.25) is 0 Å². The monoisotopic (exact) mass is 442 g/mol. The molecule has 0 bridgehead atoms. The Kier molecular flexibility index (Phi) is 25.0. The highest BCUT2D eigenvalue weighted by molar-refractivity contribution is 4.90. The standard InChI is InChI=1S/C28H52F2O/c1-3-5-7-9-11-13-15-17-19-21-27(23-25-29)31-28(24-26-30)22-20-18-16-14-12-10-8-6-4-2/h23-28H,3-22H2,1-2H3/b25-23+,26-24+. The fourth-order valence-electron chi connectivity index (χ4n) is 4.12. The smallest absolute Gasteiger partial charge is 0.0852 e. The van der Waals surface area contributed by atoms with Gasteiger partial charge in [-0.15, -0.1) is 0 Å². The number of unbranched alkanes of at least 4 members (excludes halogenated alkanes) is 16. The Labute approximate surface area is 193 Å². The van der Waals surface area contributed by atoms with Crippen LogP contribution < -0.4 is 0 Å². The van der Waals surface area contributed by atoms with Gasteiger partial charge in [0, 0.05) is 0 Å². The zero-order valence-electron chi connectivity index (χ0n) is 20.8. The molecule has 0 amide bonds. The van der Waals surface area contributed by atoms with E-state index >= 15 is 0 Å². The molecule has 0 N–H and O–H groups in total. The Bertz CT molecular complexity index is 358. The van der Waals surface area contributed by atoms with Crippen molar-refractivity contribution < 1.29 is 13.5 Å². The van der Waals surface area contributed by atoms with E-state index in [0.29, 0.717) is 12.7 Å². The molecule has 0 fully saturated rings. The van der Waals surface area contributed by atoms with Crippen LogP contribution in [0.4, 0.5) is 8.78 Å². The third-order valence-corrected chi connectivity index (χ3v) is 6.11. The minimum Gasteiger partial charge on any atom is -0.367 e. The van der Waals surface area contributed by atoms with Crippen molar-refractivity contribution in [1.82, 2.24) is 0 Å². The summed E-state index contributed by atoms with van der Waals surface area (Å²) in [7, 11) is 0. The SMILES string of the molecule is CCCCCCCCCCCC(/C=C/F)OC(/C=C/F)CCCCCCCCCCC. The molecule has 0 saturated carbocycles. The third-order valence-electron chi connectivity index (χ3n) is 6.11. The highest BCUT2D eigenvalue weighted by Gasteiger charge is 2.13. The molecule has 0 rings (SSSR count). The molecule has 0 spiro atoms. The van der Waals surface area contributed by atoms with Crippen LogP contribution >= 0.6 is 0 Å². The van der Waals surface area contributed by atoms with Gasteiger partial charge in [0.25, 0.3) is 0 Å². The Hall–Kier alpha value is -0.700. The molecule has 0 radical (unpaired) electrons. The number of rotatable bonds is 24. The van der Waals surface area contributed by atoms with Gasteiger partial charge in [0.15, 0.2) is 0 Å². The fraction of sp³-hybridized carbons (Fsp3) is 0.857. The van der Waals surface area contributed by atoms with Crippen LogP contribution in [0.3, 0.4) is 0 Å². The Balaban J connectivity index is 3.94. The van der Waals surface area contributed by atoms with Gasteiger partial charge in [0.1, 0.15) is 0 Å². The normalized spacial score (nSPS) is 14.1. The average Bonchev–Trinajstić information content (AvgIpc) is 2.77. The largest absolute Gasteiger partial charge is 0.367 e. The van der Waals surface area contributed by atoms with Crippen molar-refractivity contribution in [3.63, 3.8) is 0 Å². The average molecular weight is 443 g/mol. The molecule has 0 aromatic rings. The Morgan fingerprint density at radius 1 is 0.484 bits per heavy atom. The topological polar surface area (TPSA) is 9.23 Å². The predicted molar refractivity (Wildman–Crippen MR) is 133 cm³/mol. The minimum atomic E-state index is -0.255. The molecule has 0 aromatic heterocycles. The van der Waals surface area contributed by atoms with Crippen LogP contribution in [0.15, 0.2) is 24.8 Å². The van der Waals surface area contributed by atoms with Crippen molar-refractivity contribution in [2.45, 2.75) is 154 Å². The van der Waals surface area contributed by atoms with E-state index in [4.69, 9.17) is 4.74 Å². The summed E-state index contributed by atoms with van der Waals surface area (Å²) >= 11 is 0. The van der Waals surface area contributed by atoms with E-state index in [2.05, 4.69) is 13.8 Å². The van der Waals surface area contributed by atoms with E-state index < -0.39 is 0 Å². The van der Waals surface area contributed by atoms with Crippen molar-refractivity contribution in [2.75, 3.05) is 0 Å². The maximum Gasteiger partial charge on any atom is 0.0852 e. The van der Waals surface area contributed by atoms with E-state index in [1.165, 1.54) is 102 Å². The van der Waals surface area contributed by atoms with Crippen molar-refractivity contribution in [3.8, 4) is 0 Å². The first-order valence-corrected chi connectivity index (χ1v) is 13.5. The van der Waals surface area contributed by atoms with E-state index in [0.717, 1.165) is 38.5 Å². The van der Waals surface area contributed by atoms with Crippen molar-refractivity contribution in [2.24, 2.45) is 0 Å². The van der Waals surface area contributed by atoms with Gasteiger partial charge >= 0.3 is 0 Å². The molecule has 1 nitrogen and oxygen atoms in total. The van der Waals surface area contributed by atoms with Crippen LogP contribution in [0.25, 0.3) is 0 Å². The van der Waals surface area contributed by atoms with Crippen LogP contribution in [-0.4, -0.2) is 12.2 Å². The lowest BCUT2D eigenvalue weighted by Gasteiger charge is -2.20. The summed E-state index contributed by atoms with van der Waals surface area (Å²) in [5.41, 5.74) is 0. The molecule has 31 heavy (non-hydrogen) atoms. The maximum absolute atomic E-state index is 12.8. The van der Waals surface area contributed by atoms with Crippen LogP contribution in [-0.2, 0) is 4.74 Å². The van der Waals surface area contributed by atoms with Crippen molar-refractivity contribution in [3.05, 3.63) is 24.8 Å². The summed E-state index contributed by atoms with van der Waals surface area (Å²) in [5, 5.41) is 0. The summed E-state index contributed by atoms with van der Waals surface area (Å²) < 4.78 is 31.6. The Morgan fingerprint density at radius 3 is 1.06 bits per heavy atom. The molecule has 0 saturated heterocycles.